The molecule has 0 aliphatic heterocycles. The van der Waals surface area contributed by atoms with Gasteiger partial charge >= 0.3 is 5.52 Å². The van der Waals surface area contributed by atoms with Gasteiger partial charge in [-0.2, -0.15) is 0 Å². The van der Waals surface area contributed by atoms with E-state index in [2.05, 4.69) is 15.9 Å². The average molecular weight is 264 g/mol. The number of carbonyl (C=O) groups is 1. The summed E-state index contributed by atoms with van der Waals surface area (Å²) < 4.78 is 0.576. The van der Waals surface area contributed by atoms with Gasteiger partial charge in [0, 0.05) is 4.47 Å². The van der Waals surface area contributed by atoms with Crippen LogP contribution in [0.2, 0.25) is 0 Å². The number of benzene rings is 1. The van der Waals surface area contributed by atoms with Gasteiger partial charge in [0.25, 0.3) is 0 Å². The van der Waals surface area contributed by atoms with Gasteiger partial charge in [-0.25, -0.2) is 4.79 Å². The van der Waals surface area contributed by atoms with Crippen molar-refractivity contribution in [1.29, 1.82) is 0 Å². The van der Waals surface area contributed by atoms with E-state index in [0.717, 1.165) is 0 Å². The summed E-state index contributed by atoms with van der Waals surface area (Å²) in [5, 5.41) is 0. The highest BCUT2D eigenvalue weighted by atomic mass is 79.9. The molecular weight excluding hydrogens is 259 g/mol. The van der Waals surface area contributed by atoms with Crippen molar-refractivity contribution in [1.82, 2.24) is 0 Å². The van der Waals surface area contributed by atoms with E-state index in [9.17, 15) is 14.6 Å². The van der Waals surface area contributed by atoms with Crippen molar-refractivity contribution in [3.8, 4) is 0 Å². The van der Waals surface area contributed by atoms with E-state index in [1.807, 2.05) is 0 Å². The third-order valence-electron chi connectivity index (χ3n) is 1.33. The fourth-order valence-electron chi connectivity index (χ4n) is 0.785. The average Bonchev–Trinajstić information content (AvgIpc) is 2.01. The summed E-state index contributed by atoms with van der Waals surface area (Å²) in [5.74, 6) is 0. The fraction of sp³-hybridized carbons (Fsp3) is 0. The third-order valence-corrected chi connectivity index (χ3v) is 2.59. The van der Waals surface area contributed by atoms with Crippen LogP contribution >= 0.6 is 23.9 Å². The predicted octanol–water partition coefficient (Wildman–Crippen LogP) is 0.0648. The number of hydrogen-bond acceptors (Lipinski definition) is 4. The Kier molecular flexibility index (Phi) is 3.16. The molecule has 70 valence electrons. The Morgan fingerprint density at radius 2 is 2.08 bits per heavy atom. The second-order valence-corrected chi connectivity index (χ2v) is 4.70. The molecule has 0 saturated heterocycles. The van der Waals surface area contributed by atoms with Gasteiger partial charge in [-0.1, -0.05) is 22.0 Å². The summed E-state index contributed by atoms with van der Waals surface area (Å²) in [6, 6.07) is 5.79. The minimum atomic E-state index is -4.91. The predicted molar refractivity (Wildman–Crippen MR) is 47.6 cm³/mol. The molecule has 4 nitrogen and oxygen atoms in total. The molecule has 1 aromatic rings. The molecule has 0 amide bonds. The van der Waals surface area contributed by atoms with Gasteiger partial charge in [-0.15, -0.1) is 0 Å². The highest BCUT2D eigenvalue weighted by Gasteiger charge is 2.23. The zero-order chi connectivity index (χ0) is 10.1. The van der Waals surface area contributed by atoms with Gasteiger partial charge in [0.2, 0.25) is 0 Å². The molecular formula is C7H5BrO4P-. The van der Waals surface area contributed by atoms with Crippen molar-refractivity contribution in [2.24, 2.45) is 0 Å². The highest BCUT2D eigenvalue weighted by Crippen LogP contribution is 2.38. The Bertz CT molecular complexity index is 334. The van der Waals surface area contributed by atoms with Crippen LogP contribution in [0.15, 0.2) is 28.7 Å². The van der Waals surface area contributed by atoms with E-state index in [1.54, 1.807) is 6.07 Å². The normalized spacial score (nSPS) is 11.4. The maximum atomic E-state index is 11.0. The lowest BCUT2D eigenvalue weighted by atomic mass is 10.2. The van der Waals surface area contributed by atoms with Crippen molar-refractivity contribution in [2.45, 2.75) is 0 Å². The minimum absolute atomic E-state index is 0.0600. The quantitative estimate of drug-likeness (QED) is 0.766. The first-order valence-electron chi connectivity index (χ1n) is 3.25. The topological polar surface area (TPSA) is 83.4 Å². The summed E-state index contributed by atoms with van der Waals surface area (Å²) in [4.78, 5) is 40.4. The molecule has 0 saturated carbocycles. The van der Waals surface area contributed by atoms with E-state index in [1.165, 1.54) is 18.2 Å². The Hall–Kier alpha value is -0.320. The number of rotatable bonds is 2. The zero-order valence-electron chi connectivity index (χ0n) is 6.31. The molecule has 1 N–H and O–H groups in total. The SMILES string of the molecule is O=C(c1cccc(Br)c1)[P+]([O-])([O-])O. The molecule has 6 heteroatoms. The number of halogens is 1. The van der Waals surface area contributed by atoms with Crippen LogP contribution in [0.3, 0.4) is 0 Å². The Morgan fingerprint density at radius 3 is 2.54 bits per heavy atom. The van der Waals surface area contributed by atoms with E-state index < -0.39 is 13.5 Å². The molecule has 0 aromatic heterocycles. The standard InChI is InChI=1S/C7H6BrO4P/c8-6-3-1-2-5(4-6)7(9)13(10,11)12/h1-4H,(H2,10,11,12)/p-1. The zero-order valence-corrected chi connectivity index (χ0v) is 8.79. The van der Waals surface area contributed by atoms with E-state index in [0.29, 0.717) is 4.47 Å². The van der Waals surface area contributed by atoms with Crippen molar-refractivity contribution < 1.29 is 19.5 Å². The summed E-state index contributed by atoms with van der Waals surface area (Å²) >= 11 is 3.07. The molecule has 13 heavy (non-hydrogen) atoms. The highest BCUT2D eigenvalue weighted by molar-refractivity contribution is 9.10. The van der Waals surface area contributed by atoms with E-state index >= 15 is 0 Å². The molecule has 0 aliphatic rings. The Balaban J connectivity index is 3.03. The molecule has 0 radical (unpaired) electrons. The maximum absolute atomic E-state index is 11.0. The number of carbonyl (C=O) groups excluding carboxylic acids is 1. The van der Waals surface area contributed by atoms with Crippen LogP contribution in [0.1, 0.15) is 10.4 Å². The van der Waals surface area contributed by atoms with Gasteiger partial charge in [-0.05, 0) is 18.2 Å². The minimum Gasteiger partial charge on any atom is -0.653 e. The van der Waals surface area contributed by atoms with Crippen molar-refractivity contribution in [2.75, 3.05) is 0 Å². The first-order chi connectivity index (χ1) is 5.91. The maximum Gasteiger partial charge on any atom is 0.316 e. The Morgan fingerprint density at radius 1 is 1.46 bits per heavy atom. The molecule has 0 atom stereocenters. The van der Waals surface area contributed by atoms with Gasteiger partial charge in [-0.3, -0.25) is 4.89 Å². The summed E-state index contributed by atoms with van der Waals surface area (Å²) in [6.45, 7) is 0. The van der Waals surface area contributed by atoms with Crippen LogP contribution in [0.4, 0.5) is 0 Å². The van der Waals surface area contributed by atoms with Crippen molar-refractivity contribution in [3.05, 3.63) is 34.3 Å². The van der Waals surface area contributed by atoms with Gasteiger partial charge in [0.15, 0.2) is 0 Å². The fourth-order valence-corrected chi connectivity index (χ4v) is 1.65. The van der Waals surface area contributed by atoms with E-state index in [-0.39, 0.29) is 5.56 Å². The molecule has 0 unspecified atom stereocenters. The third kappa shape index (κ3) is 2.83. The second kappa shape index (κ2) is 3.82. The van der Waals surface area contributed by atoms with Crippen LogP contribution < -0.4 is 9.79 Å². The van der Waals surface area contributed by atoms with Crippen LogP contribution in [0, 0.1) is 0 Å². The first-order valence-corrected chi connectivity index (χ1v) is 5.62. The van der Waals surface area contributed by atoms with Crippen LogP contribution in [0.25, 0.3) is 0 Å². The van der Waals surface area contributed by atoms with Crippen molar-refractivity contribution in [3.63, 3.8) is 0 Å². The number of hydrogen-bond donors (Lipinski definition) is 1. The lowest BCUT2D eigenvalue weighted by Crippen LogP contribution is -2.28. The monoisotopic (exact) mass is 263 g/mol. The Labute approximate surface area is 83.6 Å². The van der Waals surface area contributed by atoms with Crippen LogP contribution in [0.5, 0.6) is 0 Å². The molecule has 0 fully saturated rings. The van der Waals surface area contributed by atoms with Gasteiger partial charge in [0.05, 0.1) is 5.56 Å². The molecule has 1 aromatic carbocycles. The summed E-state index contributed by atoms with van der Waals surface area (Å²) in [6.07, 6.45) is 0. The van der Waals surface area contributed by atoms with Crippen LogP contribution in [-0.4, -0.2) is 10.4 Å². The summed E-state index contributed by atoms with van der Waals surface area (Å²) in [7, 11) is -4.91. The van der Waals surface area contributed by atoms with Crippen LogP contribution in [-0.2, 0) is 0 Å². The lowest BCUT2D eigenvalue weighted by Gasteiger charge is -2.24. The van der Waals surface area contributed by atoms with E-state index in [4.69, 9.17) is 4.89 Å². The van der Waals surface area contributed by atoms with Crippen molar-refractivity contribution >= 4 is 29.4 Å². The smallest absolute Gasteiger partial charge is 0.316 e. The van der Waals surface area contributed by atoms with Gasteiger partial charge < -0.3 is 9.79 Å². The molecule has 0 spiro atoms. The summed E-state index contributed by atoms with van der Waals surface area (Å²) in [5.41, 5.74) is -1.33. The lowest BCUT2D eigenvalue weighted by molar-refractivity contribution is -0.325. The largest absolute Gasteiger partial charge is 0.653 e. The molecule has 0 heterocycles. The molecule has 0 bridgehead atoms. The van der Waals surface area contributed by atoms with Gasteiger partial charge in [0.1, 0.15) is 7.94 Å². The second-order valence-electron chi connectivity index (χ2n) is 2.34. The molecule has 0 aliphatic carbocycles. The first kappa shape index (κ1) is 10.8. The molecule has 1 rings (SSSR count).